The molecule has 0 aliphatic rings. The second-order valence-corrected chi connectivity index (χ2v) is 10.4. The lowest BCUT2D eigenvalue weighted by atomic mass is 9.98. The van der Waals surface area contributed by atoms with Gasteiger partial charge in [0.2, 0.25) is 5.91 Å². The molecule has 0 aromatic heterocycles. The number of carbonyl (C=O) groups excluding carboxylic acids is 2. The van der Waals surface area contributed by atoms with E-state index in [-0.39, 0.29) is 17.0 Å². The number of carboxylic acid groups (broad SMARTS) is 1. The molecule has 0 aliphatic heterocycles. The van der Waals surface area contributed by atoms with E-state index in [2.05, 4.69) is 10.6 Å². The Balaban J connectivity index is 1.40. The summed E-state index contributed by atoms with van der Waals surface area (Å²) < 4.78 is 0. The number of nitrogens with one attached hydrogen (secondary N) is 2. The fraction of sp³-hybridized carbons (Fsp3) is 0.0606. The van der Waals surface area contributed by atoms with Crippen molar-refractivity contribution in [3.05, 3.63) is 138 Å². The standard InChI is InChI=1S/C33H26N2O4S/c1-21-16-18-24(19-17-21)34-32(37)30(23-8-3-2-4-9-23)40-26-13-7-12-25(20-26)35-31(36)27-14-5-10-22-11-6-15-28(29(22)27)33(38)39/h2-20,30H,1H3,(H,34,37)(H,35,36)(H,38,39). The number of benzene rings is 5. The van der Waals surface area contributed by atoms with Crippen LogP contribution in [0.5, 0.6) is 0 Å². The number of rotatable bonds is 8. The van der Waals surface area contributed by atoms with Gasteiger partial charge in [-0.05, 0) is 60.3 Å². The highest BCUT2D eigenvalue weighted by molar-refractivity contribution is 8.00. The van der Waals surface area contributed by atoms with Gasteiger partial charge >= 0.3 is 5.97 Å². The number of fused-ring (bicyclic) bond motifs is 1. The van der Waals surface area contributed by atoms with Crippen molar-refractivity contribution in [1.82, 2.24) is 0 Å². The van der Waals surface area contributed by atoms with E-state index in [0.29, 0.717) is 22.1 Å². The zero-order chi connectivity index (χ0) is 28.1. The highest BCUT2D eigenvalue weighted by Gasteiger charge is 2.23. The summed E-state index contributed by atoms with van der Waals surface area (Å²) in [5, 5.41) is 16.1. The van der Waals surface area contributed by atoms with Crippen LogP contribution in [0.1, 0.15) is 37.1 Å². The molecule has 1 unspecified atom stereocenters. The SMILES string of the molecule is Cc1ccc(NC(=O)C(Sc2cccc(NC(=O)c3cccc4cccc(C(=O)O)c34)c2)c2ccccc2)cc1. The van der Waals surface area contributed by atoms with Gasteiger partial charge in [0.15, 0.2) is 0 Å². The third-order valence-corrected chi connectivity index (χ3v) is 7.63. The first-order chi connectivity index (χ1) is 19.4. The maximum atomic E-state index is 13.4. The smallest absolute Gasteiger partial charge is 0.336 e. The quantitative estimate of drug-likeness (QED) is 0.175. The van der Waals surface area contributed by atoms with E-state index in [4.69, 9.17) is 0 Å². The molecule has 3 N–H and O–H groups in total. The van der Waals surface area contributed by atoms with Gasteiger partial charge in [0.25, 0.3) is 5.91 Å². The summed E-state index contributed by atoms with van der Waals surface area (Å²) in [4.78, 5) is 39.3. The number of hydrogen-bond donors (Lipinski definition) is 3. The van der Waals surface area contributed by atoms with Crippen molar-refractivity contribution < 1.29 is 19.5 Å². The topological polar surface area (TPSA) is 95.5 Å². The van der Waals surface area contributed by atoms with Crippen molar-refractivity contribution in [3.63, 3.8) is 0 Å². The van der Waals surface area contributed by atoms with Crippen molar-refractivity contribution in [2.45, 2.75) is 17.1 Å². The van der Waals surface area contributed by atoms with Crippen LogP contribution < -0.4 is 10.6 Å². The molecule has 5 aromatic carbocycles. The van der Waals surface area contributed by atoms with E-state index >= 15 is 0 Å². The predicted molar refractivity (Wildman–Crippen MR) is 160 cm³/mol. The van der Waals surface area contributed by atoms with Crippen LogP contribution >= 0.6 is 11.8 Å². The molecule has 5 aromatic rings. The summed E-state index contributed by atoms with van der Waals surface area (Å²) in [5.41, 5.74) is 3.54. The molecule has 0 fully saturated rings. The zero-order valence-electron chi connectivity index (χ0n) is 21.6. The molecule has 0 saturated carbocycles. The van der Waals surface area contributed by atoms with Crippen LogP contribution in [0.25, 0.3) is 10.8 Å². The number of amides is 2. The molecular weight excluding hydrogens is 520 g/mol. The van der Waals surface area contributed by atoms with E-state index in [0.717, 1.165) is 16.0 Å². The number of anilines is 2. The minimum Gasteiger partial charge on any atom is -0.478 e. The molecule has 0 radical (unpaired) electrons. The third-order valence-electron chi connectivity index (χ3n) is 6.39. The molecule has 0 aliphatic carbocycles. The van der Waals surface area contributed by atoms with Gasteiger partial charge in [0, 0.05) is 27.2 Å². The number of carboxylic acids is 1. The lowest BCUT2D eigenvalue weighted by Crippen LogP contribution is -2.19. The lowest BCUT2D eigenvalue weighted by Gasteiger charge is -2.18. The van der Waals surface area contributed by atoms with Crippen LogP contribution in [0.3, 0.4) is 0 Å². The molecule has 0 bridgehead atoms. The molecule has 0 saturated heterocycles. The Morgan fingerprint density at radius 2 is 1.38 bits per heavy atom. The van der Waals surface area contributed by atoms with E-state index in [1.807, 2.05) is 73.7 Å². The zero-order valence-corrected chi connectivity index (χ0v) is 22.4. The first-order valence-electron chi connectivity index (χ1n) is 12.6. The largest absolute Gasteiger partial charge is 0.478 e. The van der Waals surface area contributed by atoms with Crippen molar-refractivity contribution in [2.24, 2.45) is 0 Å². The summed E-state index contributed by atoms with van der Waals surface area (Å²) in [6.45, 7) is 1.99. The van der Waals surface area contributed by atoms with Crippen molar-refractivity contribution in [2.75, 3.05) is 10.6 Å². The molecule has 40 heavy (non-hydrogen) atoms. The summed E-state index contributed by atoms with van der Waals surface area (Å²) in [6, 6.07) is 34.5. The van der Waals surface area contributed by atoms with E-state index in [1.165, 1.54) is 17.8 Å². The molecule has 0 spiro atoms. The van der Waals surface area contributed by atoms with Crippen LogP contribution in [0.4, 0.5) is 11.4 Å². The van der Waals surface area contributed by atoms with Crippen molar-refractivity contribution in [3.8, 4) is 0 Å². The van der Waals surface area contributed by atoms with Gasteiger partial charge < -0.3 is 15.7 Å². The van der Waals surface area contributed by atoms with E-state index in [1.54, 1.807) is 42.5 Å². The van der Waals surface area contributed by atoms with Crippen LogP contribution in [0.2, 0.25) is 0 Å². The number of aromatic carboxylic acids is 1. The molecule has 5 rings (SSSR count). The van der Waals surface area contributed by atoms with Gasteiger partial charge in [-0.1, -0.05) is 78.4 Å². The van der Waals surface area contributed by atoms with Crippen molar-refractivity contribution >= 4 is 51.7 Å². The van der Waals surface area contributed by atoms with Gasteiger partial charge in [-0.3, -0.25) is 9.59 Å². The Labute approximate surface area is 236 Å². The first kappa shape index (κ1) is 26.7. The van der Waals surface area contributed by atoms with E-state index in [9.17, 15) is 19.5 Å². The lowest BCUT2D eigenvalue weighted by molar-refractivity contribution is -0.115. The second-order valence-electron chi connectivity index (χ2n) is 9.26. The monoisotopic (exact) mass is 546 g/mol. The van der Waals surface area contributed by atoms with Gasteiger partial charge in [-0.2, -0.15) is 0 Å². The van der Waals surface area contributed by atoms with E-state index < -0.39 is 17.1 Å². The average Bonchev–Trinajstić information content (AvgIpc) is 2.97. The molecule has 1 atom stereocenters. The average molecular weight is 547 g/mol. The third kappa shape index (κ3) is 6.06. The molecule has 6 nitrogen and oxygen atoms in total. The summed E-state index contributed by atoms with van der Waals surface area (Å²) in [6.07, 6.45) is 0. The Kier molecular flexibility index (Phi) is 7.94. The molecule has 2 amide bonds. The normalized spacial score (nSPS) is 11.5. The van der Waals surface area contributed by atoms with Crippen LogP contribution in [0, 0.1) is 6.92 Å². The van der Waals surface area contributed by atoms with Crippen LogP contribution in [0.15, 0.2) is 120 Å². The highest BCUT2D eigenvalue weighted by Crippen LogP contribution is 2.37. The van der Waals surface area contributed by atoms with Gasteiger partial charge in [-0.25, -0.2) is 4.79 Å². The summed E-state index contributed by atoms with van der Waals surface area (Å²) >= 11 is 1.38. The van der Waals surface area contributed by atoms with Gasteiger partial charge in [-0.15, -0.1) is 11.8 Å². The fourth-order valence-corrected chi connectivity index (χ4v) is 5.52. The summed E-state index contributed by atoms with van der Waals surface area (Å²) in [5.74, 6) is -1.68. The highest BCUT2D eigenvalue weighted by atomic mass is 32.2. The Morgan fingerprint density at radius 1 is 0.700 bits per heavy atom. The Hall–Kier alpha value is -4.88. The maximum Gasteiger partial charge on any atom is 0.336 e. The minimum atomic E-state index is -1.10. The molecule has 0 heterocycles. The van der Waals surface area contributed by atoms with Gasteiger partial charge in [0.05, 0.1) is 5.56 Å². The molecule has 198 valence electrons. The maximum absolute atomic E-state index is 13.4. The van der Waals surface area contributed by atoms with Crippen LogP contribution in [-0.4, -0.2) is 22.9 Å². The first-order valence-corrected chi connectivity index (χ1v) is 13.5. The Morgan fingerprint density at radius 3 is 2.08 bits per heavy atom. The number of aryl methyl sites for hydroxylation is 1. The minimum absolute atomic E-state index is 0.0675. The number of thioether (sulfide) groups is 1. The van der Waals surface area contributed by atoms with Crippen molar-refractivity contribution in [1.29, 1.82) is 0 Å². The number of carbonyl (C=O) groups is 3. The molecule has 7 heteroatoms. The van der Waals surface area contributed by atoms with Crippen LogP contribution in [-0.2, 0) is 4.79 Å². The predicted octanol–water partition coefficient (Wildman–Crippen LogP) is 7.57. The number of hydrogen-bond acceptors (Lipinski definition) is 4. The fourth-order valence-electron chi connectivity index (χ4n) is 4.44. The summed E-state index contributed by atoms with van der Waals surface area (Å²) in [7, 11) is 0. The Bertz CT molecular complexity index is 1700. The van der Waals surface area contributed by atoms with Gasteiger partial charge in [0.1, 0.15) is 5.25 Å². The second kappa shape index (κ2) is 11.9. The molecular formula is C33H26N2O4S.